The Morgan fingerprint density at radius 1 is 1.19 bits per heavy atom. The highest BCUT2D eigenvalue weighted by molar-refractivity contribution is 6.32. The predicted molar refractivity (Wildman–Crippen MR) is 103 cm³/mol. The Morgan fingerprint density at radius 3 is 2.88 bits per heavy atom. The highest BCUT2D eigenvalue weighted by Gasteiger charge is 2.03. The van der Waals surface area contributed by atoms with Gasteiger partial charge in [0.25, 0.3) is 5.56 Å². The fourth-order valence-corrected chi connectivity index (χ4v) is 2.42. The van der Waals surface area contributed by atoms with Crippen molar-refractivity contribution in [3.63, 3.8) is 0 Å². The summed E-state index contributed by atoms with van der Waals surface area (Å²) in [4.78, 5) is 11.4. The lowest BCUT2D eigenvalue weighted by Gasteiger charge is -2.08. The maximum absolute atomic E-state index is 11.4. The molecule has 26 heavy (non-hydrogen) atoms. The van der Waals surface area contributed by atoms with E-state index >= 15 is 0 Å². The first-order valence-corrected chi connectivity index (χ1v) is 8.37. The summed E-state index contributed by atoms with van der Waals surface area (Å²) in [6.07, 6.45) is 2.96. The minimum atomic E-state index is -0.484. The molecule has 2 N–H and O–H groups in total. The van der Waals surface area contributed by atoms with Gasteiger partial charge >= 0.3 is 0 Å². The summed E-state index contributed by atoms with van der Waals surface area (Å²) >= 11 is 12.0. The number of hydrogen-bond acceptors (Lipinski definition) is 5. The summed E-state index contributed by atoms with van der Waals surface area (Å²) in [5.41, 5.74) is 4.23. The lowest BCUT2D eigenvalue weighted by Crippen LogP contribution is -2.10. The third-order valence-electron chi connectivity index (χ3n) is 3.40. The summed E-state index contributed by atoms with van der Waals surface area (Å²) in [7, 11) is 0. The smallest absolute Gasteiger partial charge is 0.285 e. The molecule has 0 atom stereocenters. The molecule has 0 aliphatic carbocycles. The second-order valence-electron chi connectivity index (χ2n) is 5.25. The number of hydrogen-bond donors (Lipinski definition) is 2. The van der Waals surface area contributed by atoms with E-state index in [-0.39, 0.29) is 5.02 Å². The quantitative estimate of drug-likeness (QED) is 0.492. The number of hydrazone groups is 1. The zero-order valence-corrected chi connectivity index (χ0v) is 15.0. The van der Waals surface area contributed by atoms with Crippen LogP contribution >= 0.6 is 23.2 Å². The molecule has 0 amide bonds. The largest absolute Gasteiger partial charge is 0.489 e. The molecule has 3 rings (SSSR count). The standard InChI is InChI=1S/C18H14Cl2N4O2/c19-15-7-2-1-5-13(15)11-26-14-6-3-4-12(8-14)9-21-23-16-10-22-24-18(25)17(16)20/h1-10H,11H2,(H2,23,24,25)/b21-9+. The van der Waals surface area contributed by atoms with E-state index in [1.165, 1.54) is 6.20 Å². The molecule has 8 heteroatoms. The number of ether oxygens (including phenoxy) is 1. The van der Waals surface area contributed by atoms with Crippen molar-refractivity contribution in [2.75, 3.05) is 5.43 Å². The molecule has 0 spiro atoms. The van der Waals surface area contributed by atoms with Gasteiger partial charge in [-0.15, -0.1) is 0 Å². The molecule has 0 bridgehead atoms. The van der Waals surface area contributed by atoms with Crippen LogP contribution in [-0.4, -0.2) is 16.4 Å². The first kappa shape index (κ1) is 18.0. The first-order valence-electron chi connectivity index (χ1n) is 7.62. The van der Waals surface area contributed by atoms with Crippen LogP contribution in [0.2, 0.25) is 10.0 Å². The Balaban J connectivity index is 1.64. The molecule has 3 aromatic rings. The molecule has 0 unspecified atom stereocenters. The van der Waals surface area contributed by atoms with Crippen molar-refractivity contribution in [2.24, 2.45) is 5.10 Å². The summed E-state index contributed by atoms with van der Waals surface area (Å²) < 4.78 is 5.77. The normalized spacial score (nSPS) is 10.8. The zero-order valence-electron chi connectivity index (χ0n) is 13.4. The number of aromatic amines is 1. The summed E-state index contributed by atoms with van der Waals surface area (Å²) in [5.74, 6) is 0.685. The maximum atomic E-state index is 11.4. The first-order chi connectivity index (χ1) is 12.6. The van der Waals surface area contributed by atoms with Crippen molar-refractivity contribution in [1.82, 2.24) is 10.2 Å². The van der Waals surface area contributed by atoms with Crippen LogP contribution in [0.5, 0.6) is 5.75 Å². The molecule has 1 aromatic heterocycles. The molecule has 0 saturated carbocycles. The number of nitrogens with one attached hydrogen (secondary N) is 2. The van der Waals surface area contributed by atoms with E-state index < -0.39 is 5.56 Å². The molecule has 0 radical (unpaired) electrons. The number of anilines is 1. The Bertz CT molecular complexity index is 989. The Kier molecular flexibility index (Phi) is 5.88. The third kappa shape index (κ3) is 4.62. The highest BCUT2D eigenvalue weighted by Crippen LogP contribution is 2.19. The fraction of sp³-hybridized carbons (Fsp3) is 0.0556. The Morgan fingerprint density at radius 2 is 2.04 bits per heavy atom. The summed E-state index contributed by atoms with van der Waals surface area (Å²) in [6.45, 7) is 0.368. The molecule has 6 nitrogen and oxygen atoms in total. The number of H-pyrrole nitrogens is 1. The van der Waals surface area contributed by atoms with Crippen LogP contribution in [0, 0.1) is 0 Å². The van der Waals surface area contributed by atoms with Gasteiger partial charge in [-0.1, -0.05) is 53.5 Å². The van der Waals surface area contributed by atoms with Gasteiger partial charge in [0.2, 0.25) is 0 Å². The maximum Gasteiger partial charge on any atom is 0.285 e. The van der Waals surface area contributed by atoms with Crippen LogP contribution in [0.4, 0.5) is 5.69 Å². The van der Waals surface area contributed by atoms with Gasteiger partial charge in [0.1, 0.15) is 23.1 Å². The second kappa shape index (κ2) is 8.51. The van der Waals surface area contributed by atoms with E-state index in [2.05, 4.69) is 20.7 Å². The van der Waals surface area contributed by atoms with Crippen molar-refractivity contribution >= 4 is 35.1 Å². The Labute approximate surface area is 159 Å². The van der Waals surface area contributed by atoms with Gasteiger partial charge in [0.15, 0.2) is 0 Å². The van der Waals surface area contributed by atoms with E-state index in [0.29, 0.717) is 23.1 Å². The van der Waals surface area contributed by atoms with Gasteiger partial charge in [-0.2, -0.15) is 10.2 Å². The van der Waals surface area contributed by atoms with Crippen LogP contribution in [-0.2, 0) is 6.61 Å². The van der Waals surface area contributed by atoms with E-state index in [4.69, 9.17) is 27.9 Å². The van der Waals surface area contributed by atoms with Gasteiger partial charge in [0.05, 0.1) is 12.4 Å². The van der Waals surface area contributed by atoms with Crippen LogP contribution in [0.1, 0.15) is 11.1 Å². The van der Waals surface area contributed by atoms with Gasteiger partial charge in [0, 0.05) is 10.6 Å². The predicted octanol–water partition coefficient (Wildman–Crippen LogP) is 4.10. The second-order valence-corrected chi connectivity index (χ2v) is 6.03. The molecular formula is C18H14Cl2N4O2. The van der Waals surface area contributed by atoms with Crippen molar-refractivity contribution < 1.29 is 4.74 Å². The molecule has 0 aliphatic rings. The van der Waals surface area contributed by atoms with Gasteiger partial charge < -0.3 is 4.74 Å². The molecule has 0 aliphatic heterocycles. The highest BCUT2D eigenvalue weighted by atomic mass is 35.5. The average molecular weight is 389 g/mol. The van der Waals surface area contributed by atoms with Crippen LogP contribution < -0.4 is 15.7 Å². The Hall–Kier alpha value is -2.83. The zero-order chi connectivity index (χ0) is 18.4. The number of rotatable bonds is 6. The summed E-state index contributed by atoms with van der Waals surface area (Å²) in [5, 5.41) is 10.6. The molecule has 0 fully saturated rings. The monoisotopic (exact) mass is 388 g/mol. The third-order valence-corrected chi connectivity index (χ3v) is 4.15. The lowest BCUT2D eigenvalue weighted by atomic mass is 10.2. The van der Waals surface area contributed by atoms with Crippen LogP contribution in [0.3, 0.4) is 0 Å². The van der Waals surface area contributed by atoms with Crippen LogP contribution in [0.15, 0.2) is 64.6 Å². The minimum Gasteiger partial charge on any atom is -0.489 e. The van der Waals surface area contributed by atoms with Crippen molar-refractivity contribution in [2.45, 2.75) is 6.61 Å². The molecule has 132 valence electrons. The van der Waals surface area contributed by atoms with Gasteiger partial charge in [-0.05, 0) is 23.8 Å². The number of halogens is 2. The lowest BCUT2D eigenvalue weighted by molar-refractivity contribution is 0.306. The topological polar surface area (TPSA) is 79.4 Å². The van der Waals surface area contributed by atoms with Crippen LogP contribution in [0.25, 0.3) is 0 Å². The number of nitrogens with zero attached hydrogens (tertiary/aromatic N) is 2. The number of aromatic nitrogens is 2. The average Bonchev–Trinajstić information content (AvgIpc) is 2.65. The fourth-order valence-electron chi connectivity index (χ4n) is 2.10. The molecular weight excluding hydrogens is 375 g/mol. The van der Waals surface area contributed by atoms with E-state index in [1.54, 1.807) is 6.21 Å². The van der Waals surface area contributed by atoms with Crippen molar-refractivity contribution in [3.8, 4) is 5.75 Å². The minimum absolute atomic E-state index is 0.00558. The van der Waals surface area contributed by atoms with Crippen molar-refractivity contribution in [3.05, 3.63) is 86.3 Å². The SMILES string of the molecule is O=c1[nH]ncc(N/N=C/c2cccc(OCc3ccccc3Cl)c2)c1Cl. The van der Waals surface area contributed by atoms with E-state index in [0.717, 1.165) is 11.1 Å². The molecule has 1 heterocycles. The van der Waals surface area contributed by atoms with E-state index in [1.807, 2.05) is 48.5 Å². The molecule has 2 aromatic carbocycles. The van der Waals surface area contributed by atoms with E-state index in [9.17, 15) is 4.79 Å². The summed E-state index contributed by atoms with van der Waals surface area (Å²) in [6, 6.07) is 14.9. The number of benzene rings is 2. The molecule has 0 saturated heterocycles. The van der Waals surface area contributed by atoms with Gasteiger partial charge in [-0.25, -0.2) is 5.10 Å². The van der Waals surface area contributed by atoms with Crippen molar-refractivity contribution in [1.29, 1.82) is 0 Å². The van der Waals surface area contributed by atoms with Gasteiger partial charge in [-0.3, -0.25) is 10.2 Å².